The van der Waals surface area contributed by atoms with Gasteiger partial charge < -0.3 is 10.6 Å². The fourth-order valence-electron chi connectivity index (χ4n) is 2.70. The van der Waals surface area contributed by atoms with Gasteiger partial charge in [0.2, 0.25) is 0 Å². The SMILES string of the molecule is O=C1N[C@@H](c2ccccc2Cl)Nc2c1sc(=S)n2-c1ccccc1. The van der Waals surface area contributed by atoms with Crippen molar-refractivity contribution in [3.8, 4) is 5.69 Å². The summed E-state index contributed by atoms with van der Waals surface area (Å²) >= 11 is 13.0. The molecule has 0 spiro atoms. The highest BCUT2D eigenvalue weighted by atomic mass is 35.5. The number of hydrogen-bond acceptors (Lipinski definition) is 4. The average molecular weight is 374 g/mol. The smallest absolute Gasteiger partial charge is 0.267 e. The first-order valence-corrected chi connectivity index (χ1v) is 8.88. The molecule has 3 aromatic rings. The van der Waals surface area contributed by atoms with Crippen molar-refractivity contribution in [3.63, 3.8) is 0 Å². The standard InChI is InChI=1S/C17H12ClN3OS2/c18-12-9-5-4-8-11(12)14-19-15-13(16(22)20-14)24-17(23)21(15)10-6-2-1-3-7-10/h1-9,14,19H,(H,20,22)/t14-/m0/s1. The summed E-state index contributed by atoms with van der Waals surface area (Å²) < 4.78 is 2.51. The van der Waals surface area contributed by atoms with E-state index in [0.29, 0.717) is 19.7 Å². The number of fused-ring (bicyclic) bond motifs is 1. The zero-order chi connectivity index (χ0) is 16.7. The fourth-order valence-corrected chi connectivity index (χ4v) is 4.26. The second-order valence-electron chi connectivity index (χ2n) is 5.29. The maximum Gasteiger partial charge on any atom is 0.267 e. The number of halogens is 1. The van der Waals surface area contributed by atoms with Gasteiger partial charge in [-0.05, 0) is 30.4 Å². The molecule has 7 heteroatoms. The number of hydrogen-bond donors (Lipinski definition) is 2. The Morgan fingerprint density at radius 3 is 2.50 bits per heavy atom. The molecule has 0 bridgehead atoms. The number of nitrogens with one attached hydrogen (secondary N) is 2. The molecule has 24 heavy (non-hydrogen) atoms. The maximum atomic E-state index is 12.5. The Morgan fingerprint density at radius 2 is 1.75 bits per heavy atom. The van der Waals surface area contributed by atoms with Crippen LogP contribution in [0.2, 0.25) is 5.02 Å². The lowest BCUT2D eigenvalue weighted by atomic mass is 10.1. The summed E-state index contributed by atoms with van der Waals surface area (Å²) in [6.07, 6.45) is -0.405. The minimum absolute atomic E-state index is 0.153. The van der Waals surface area contributed by atoms with Gasteiger partial charge in [-0.25, -0.2) is 0 Å². The van der Waals surface area contributed by atoms with E-state index in [1.54, 1.807) is 6.07 Å². The van der Waals surface area contributed by atoms with Gasteiger partial charge in [-0.3, -0.25) is 9.36 Å². The predicted molar refractivity (Wildman–Crippen MR) is 99.8 cm³/mol. The van der Waals surface area contributed by atoms with E-state index >= 15 is 0 Å². The zero-order valence-corrected chi connectivity index (χ0v) is 14.7. The number of thiazole rings is 1. The molecule has 0 radical (unpaired) electrons. The highest BCUT2D eigenvalue weighted by Gasteiger charge is 2.30. The summed E-state index contributed by atoms with van der Waals surface area (Å²) in [6, 6.07) is 17.2. The third kappa shape index (κ3) is 2.53. The van der Waals surface area contributed by atoms with E-state index in [1.165, 1.54) is 11.3 Å². The summed E-state index contributed by atoms with van der Waals surface area (Å²) in [6.45, 7) is 0. The molecule has 4 nitrogen and oxygen atoms in total. The first-order chi connectivity index (χ1) is 11.6. The molecule has 4 rings (SSSR count). The molecule has 2 heterocycles. The van der Waals surface area contributed by atoms with Crippen molar-refractivity contribution in [3.05, 3.63) is 74.0 Å². The molecule has 1 aliphatic rings. The van der Waals surface area contributed by atoms with E-state index in [-0.39, 0.29) is 5.91 Å². The summed E-state index contributed by atoms with van der Waals surface area (Å²) in [5.74, 6) is 0.546. The average Bonchev–Trinajstić information content (AvgIpc) is 2.93. The molecule has 1 aromatic heterocycles. The number of para-hydroxylation sites is 1. The maximum absolute atomic E-state index is 12.5. The van der Waals surface area contributed by atoms with Crippen molar-refractivity contribution in [1.82, 2.24) is 9.88 Å². The highest BCUT2D eigenvalue weighted by Crippen LogP contribution is 2.35. The molecule has 2 N–H and O–H groups in total. The number of carbonyl (C=O) groups excluding carboxylic acids is 1. The molecule has 0 aliphatic carbocycles. The molecular formula is C17H12ClN3OS2. The Hall–Kier alpha value is -2.15. The molecule has 2 aromatic carbocycles. The molecular weight excluding hydrogens is 362 g/mol. The largest absolute Gasteiger partial charge is 0.346 e. The normalized spacial score (nSPS) is 16.2. The quantitative estimate of drug-likeness (QED) is 0.636. The van der Waals surface area contributed by atoms with Crippen molar-refractivity contribution in [1.29, 1.82) is 0 Å². The van der Waals surface area contributed by atoms with E-state index < -0.39 is 6.17 Å². The number of rotatable bonds is 2. The van der Waals surface area contributed by atoms with Crippen LogP contribution >= 0.6 is 35.2 Å². The molecule has 1 atom stereocenters. The molecule has 120 valence electrons. The Bertz CT molecular complexity index is 981. The number of nitrogens with zero attached hydrogens (tertiary/aromatic N) is 1. The summed E-state index contributed by atoms with van der Waals surface area (Å²) in [5.41, 5.74) is 1.73. The van der Waals surface area contributed by atoms with Crippen LogP contribution in [0.1, 0.15) is 21.4 Å². The second kappa shape index (κ2) is 6.05. The van der Waals surface area contributed by atoms with Crippen LogP contribution in [0.3, 0.4) is 0 Å². The predicted octanol–water partition coefficient (Wildman–Crippen LogP) is 4.78. The zero-order valence-electron chi connectivity index (χ0n) is 12.3. The number of aromatic nitrogens is 1. The molecule has 0 saturated heterocycles. The van der Waals surface area contributed by atoms with Crippen LogP contribution in [0, 0.1) is 3.95 Å². The molecule has 0 saturated carbocycles. The van der Waals surface area contributed by atoms with Gasteiger partial charge in [-0.15, -0.1) is 0 Å². The molecule has 0 fully saturated rings. The lowest BCUT2D eigenvalue weighted by Gasteiger charge is -2.27. The van der Waals surface area contributed by atoms with Gasteiger partial charge in [0.25, 0.3) is 5.91 Å². The van der Waals surface area contributed by atoms with Crippen LogP contribution in [0.5, 0.6) is 0 Å². The number of carbonyl (C=O) groups is 1. The lowest BCUT2D eigenvalue weighted by Crippen LogP contribution is -2.38. The van der Waals surface area contributed by atoms with Crippen molar-refractivity contribution in [2.24, 2.45) is 0 Å². The minimum atomic E-state index is -0.405. The first-order valence-electron chi connectivity index (χ1n) is 7.28. The van der Waals surface area contributed by atoms with Crippen molar-refractivity contribution >= 4 is 46.9 Å². The lowest BCUT2D eigenvalue weighted by molar-refractivity contribution is 0.0939. The van der Waals surface area contributed by atoms with Crippen LogP contribution < -0.4 is 10.6 Å². The van der Waals surface area contributed by atoms with Crippen LogP contribution in [-0.4, -0.2) is 10.5 Å². The molecule has 0 unspecified atom stereocenters. The van der Waals surface area contributed by atoms with E-state index in [9.17, 15) is 4.79 Å². The first kappa shape index (κ1) is 15.4. The number of amides is 1. The Kier molecular flexibility index (Phi) is 3.88. The highest BCUT2D eigenvalue weighted by molar-refractivity contribution is 7.73. The van der Waals surface area contributed by atoms with Crippen molar-refractivity contribution < 1.29 is 4.79 Å². The van der Waals surface area contributed by atoms with Gasteiger partial charge in [0, 0.05) is 16.3 Å². The molecule has 1 amide bonds. The number of anilines is 1. The molecule has 1 aliphatic heterocycles. The summed E-state index contributed by atoms with van der Waals surface area (Å²) in [4.78, 5) is 13.1. The monoisotopic (exact) mass is 373 g/mol. The Morgan fingerprint density at radius 1 is 1.04 bits per heavy atom. The second-order valence-corrected chi connectivity index (χ2v) is 7.34. The van der Waals surface area contributed by atoms with Crippen molar-refractivity contribution in [2.45, 2.75) is 6.17 Å². The van der Waals surface area contributed by atoms with Gasteiger partial charge in [-0.1, -0.05) is 59.3 Å². The van der Waals surface area contributed by atoms with E-state index in [0.717, 1.165) is 11.3 Å². The van der Waals surface area contributed by atoms with E-state index in [2.05, 4.69) is 10.6 Å². The van der Waals surface area contributed by atoms with Gasteiger partial charge in [0.1, 0.15) is 16.9 Å². The topological polar surface area (TPSA) is 46.1 Å². The van der Waals surface area contributed by atoms with Crippen LogP contribution in [0.15, 0.2) is 54.6 Å². The van der Waals surface area contributed by atoms with Gasteiger partial charge in [0.05, 0.1) is 0 Å². The third-order valence-electron chi connectivity index (χ3n) is 3.80. The van der Waals surface area contributed by atoms with Gasteiger partial charge >= 0.3 is 0 Å². The summed E-state index contributed by atoms with van der Waals surface area (Å²) in [7, 11) is 0. The fraction of sp³-hybridized carbons (Fsp3) is 0.0588. The van der Waals surface area contributed by atoms with E-state index in [1.807, 2.05) is 53.1 Å². The third-order valence-corrected chi connectivity index (χ3v) is 5.52. The van der Waals surface area contributed by atoms with Gasteiger partial charge in [0.15, 0.2) is 3.95 Å². The summed E-state index contributed by atoms with van der Waals surface area (Å²) in [5, 5.41) is 6.90. The van der Waals surface area contributed by atoms with Crippen molar-refractivity contribution in [2.75, 3.05) is 5.32 Å². The van der Waals surface area contributed by atoms with Gasteiger partial charge in [-0.2, -0.15) is 0 Å². The van der Waals surface area contributed by atoms with Crippen LogP contribution in [0.4, 0.5) is 5.82 Å². The van der Waals surface area contributed by atoms with Crippen LogP contribution in [-0.2, 0) is 0 Å². The Labute approximate surface area is 152 Å². The van der Waals surface area contributed by atoms with Crippen LogP contribution in [0.25, 0.3) is 5.69 Å². The Balaban J connectivity index is 1.84. The van der Waals surface area contributed by atoms with E-state index in [4.69, 9.17) is 23.8 Å². The minimum Gasteiger partial charge on any atom is -0.346 e. The number of benzene rings is 2.